The second-order valence-electron chi connectivity index (χ2n) is 15.1. The molecular weight excluding hydrogens is 653 g/mol. The molecule has 0 saturated heterocycles. The summed E-state index contributed by atoms with van der Waals surface area (Å²) in [5.74, 6) is 0. The lowest BCUT2D eigenvalue weighted by atomic mass is 9.68. The Morgan fingerprint density at radius 2 is 1.24 bits per heavy atom. The highest BCUT2D eigenvalue weighted by atomic mass is 15.1. The summed E-state index contributed by atoms with van der Waals surface area (Å²) in [7, 11) is 0. The van der Waals surface area contributed by atoms with Gasteiger partial charge in [-0.15, -0.1) is 0 Å². The van der Waals surface area contributed by atoms with E-state index in [9.17, 15) is 0 Å². The SMILES string of the molecule is CCCCc1ccc2c(c1)C1(C3=C2C=CC3)c2ccccc2-c2ccc(N(c3ccccc3)c3ccc4c(c3)c3ccccc3n4-c3ccccc3)cc21. The number of benzene rings is 7. The molecule has 1 spiro atoms. The molecular formula is C52H40N2. The number of aryl methyl sites for hydroxylation is 1. The molecule has 0 N–H and O–H groups in total. The first-order valence-corrected chi connectivity index (χ1v) is 19.5. The van der Waals surface area contributed by atoms with Gasteiger partial charge < -0.3 is 9.47 Å². The van der Waals surface area contributed by atoms with Crippen molar-refractivity contribution >= 4 is 44.4 Å². The third-order valence-electron chi connectivity index (χ3n) is 12.2. The number of allylic oxidation sites excluding steroid dienone is 4. The van der Waals surface area contributed by atoms with Crippen molar-refractivity contribution in [2.75, 3.05) is 4.90 Å². The number of rotatable bonds is 7. The molecule has 0 aliphatic heterocycles. The Morgan fingerprint density at radius 1 is 0.556 bits per heavy atom. The van der Waals surface area contributed by atoms with E-state index in [-0.39, 0.29) is 5.41 Å². The molecule has 3 aliphatic carbocycles. The quantitative estimate of drug-likeness (QED) is 0.161. The van der Waals surface area contributed by atoms with Gasteiger partial charge in [-0.05, 0) is 130 Å². The van der Waals surface area contributed by atoms with Crippen LogP contribution in [0.1, 0.15) is 54.0 Å². The van der Waals surface area contributed by atoms with Crippen LogP contribution in [0.4, 0.5) is 17.1 Å². The molecule has 1 unspecified atom stereocenters. The summed E-state index contributed by atoms with van der Waals surface area (Å²) in [6, 6.07) is 61.2. The summed E-state index contributed by atoms with van der Waals surface area (Å²) < 4.78 is 2.39. The van der Waals surface area contributed by atoms with Gasteiger partial charge in [0.25, 0.3) is 0 Å². The van der Waals surface area contributed by atoms with Crippen molar-refractivity contribution in [2.24, 2.45) is 0 Å². The lowest BCUT2D eigenvalue weighted by molar-refractivity contribution is 0.742. The number of aromatic nitrogens is 1. The number of para-hydroxylation sites is 3. The first-order valence-electron chi connectivity index (χ1n) is 19.5. The molecule has 7 aromatic carbocycles. The largest absolute Gasteiger partial charge is 0.310 e. The van der Waals surface area contributed by atoms with Crippen LogP contribution in [0.15, 0.2) is 182 Å². The van der Waals surface area contributed by atoms with Crippen LogP contribution in [-0.4, -0.2) is 4.57 Å². The van der Waals surface area contributed by atoms with Crippen LogP contribution in [0.3, 0.4) is 0 Å². The molecule has 1 atom stereocenters. The fourth-order valence-corrected chi connectivity index (χ4v) is 9.95. The third kappa shape index (κ3) is 4.34. The third-order valence-corrected chi connectivity index (χ3v) is 12.2. The molecule has 258 valence electrons. The van der Waals surface area contributed by atoms with Crippen LogP contribution in [0.2, 0.25) is 0 Å². The van der Waals surface area contributed by atoms with Crippen LogP contribution in [0.25, 0.3) is 44.2 Å². The fourth-order valence-electron chi connectivity index (χ4n) is 9.95. The Balaban J connectivity index is 1.15. The molecule has 2 nitrogen and oxygen atoms in total. The van der Waals surface area contributed by atoms with Crippen LogP contribution >= 0.6 is 0 Å². The van der Waals surface area contributed by atoms with E-state index in [1.54, 1.807) is 0 Å². The summed E-state index contributed by atoms with van der Waals surface area (Å²) in [6.07, 6.45) is 9.24. The molecule has 11 rings (SSSR count). The maximum Gasteiger partial charge on any atom is 0.0692 e. The Morgan fingerprint density at radius 3 is 2.11 bits per heavy atom. The van der Waals surface area contributed by atoms with E-state index in [0.717, 1.165) is 24.2 Å². The lowest BCUT2D eigenvalue weighted by Crippen LogP contribution is -2.27. The van der Waals surface area contributed by atoms with E-state index in [1.165, 1.54) is 96.1 Å². The zero-order valence-electron chi connectivity index (χ0n) is 30.5. The topological polar surface area (TPSA) is 8.17 Å². The van der Waals surface area contributed by atoms with Gasteiger partial charge in [-0.1, -0.05) is 129 Å². The zero-order chi connectivity index (χ0) is 35.8. The highest BCUT2D eigenvalue weighted by molar-refractivity contribution is 6.11. The molecule has 1 heterocycles. The maximum atomic E-state index is 2.56. The number of nitrogens with zero attached hydrogens (tertiary/aromatic N) is 2. The van der Waals surface area contributed by atoms with Gasteiger partial charge in [-0.25, -0.2) is 0 Å². The monoisotopic (exact) mass is 692 g/mol. The molecule has 2 heteroatoms. The van der Waals surface area contributed by atoms with Gasteiger partial charge in [-0.3, -0.25) is 0 Å². The summed E-state index contributed by atoms with van der Waals surface area (Å²) in [4.78, 5) is 2.46. The van der Waals surface area contributed by atoms with Gasteiger partial charge >= 0.3 is 0 Å². The first kappa shape index (κ1) is 31.2. The van der Waals surface area contributed by atoms with E-state index in [2.05, 4.69) is 192 Å². The zero-order valence-corrected chi connectivity index (χ0v) is 30.5. The summed E-state index contributed by atoms with van der Waals surface area (Å²) in [5.41, 5.74) is 19.5. The minimum Gasteiger partial charge on any atom is -0.310 e. The predicted molar refractivity (Wildman–Crippen MR) is 227 cm³/mol. The second kappa shape index (κ2) is 12.1. The highest BCUT2D eigenvalue weighted by Gasteiger charge is 2.53. The standard InChI is InChI=1S/C52H40N2/c1-2-3-15-35-26-29-42-41-22-14-24-47(41)52(48(42)32-35)46-23-12-10-20-40(46)43-30-27-39(34-49(43)52)53(36-16-6-4-7-17-36)38-28-31-51-45(33-38)44-21-11-13-25-50(44)54(51)37-18-8-5-9-19-37/h4-14,16-23,25-34H,2-3,15,24H2,1H3. The Labute approximate surface area is 317 Å². The van der Waals surface area contributed by atoms with Gasteiger partial charge in [0.1, 0.15) is 0 Å². The lowest BCUT2D eigenvalue weighted by Gasteiger charge is -2.34. The van der Waals surface area contributed by atoms with Crippen molar-refractivity contribution in [3.05, 3.63) is 209 Å². The summed E-state index contributed by atoms with van der Waals surface area (Å²) in [6.45, 7) is 2.29. The number of fused-ring (bicyclic) bond motifs is 12. The summed E-state index contributed by atoms with van der Waals surface area (Å²) in [5, 5.41) is 2.50. The van der Waals surface area contributed by atoms with Crippen LogP contribution < -0.4 is 4.90 Å². The minimum atomic E-state index is -0.326. The van der Waals surface area contributed by atoms with Gasteiger partial charge in [0, 0.05) is 33.5 Å². The average molecular weight is 693 g/mol. The second-order valence-corrected chi connectivity index (χ2v) is 15.1. The molecule has 54 heavy (non-hydrogen) atoms. The molecule has 0 bridgehead atoms. The van der Waals surface area contributed by atoms with Gasteiger partial charge in [0.05, 0.1) is 16.4 Å². The Bertz CT molecular complexity index is 2840. The number of hydrogen-bond donors (Lipinski definition) is 0. The van der Waals surface area contributed by atoms with Crippen molar-refractivity contribution in [1.29, 1.82) is 0 Å². The maximum absolute atomic E-state index is 2.56. The Kier molecular flexibility index (Phi) is 6.97. The predicted octanol–water partition coefficient (Wildman–Crippen LogP) is 13.6. The molecule has 8 aromatic rings. The van der Waals surface area contributed by atoms with Crippen molar-refractivity contribution in [1.82, 2.24) is 4.57 Å². The van der Waals surface area contributed by atoms with E-state index < -0.39 is 0 Å². The molecule has 1 aromatic heterocycles. The van der Waals surface area contributed by atoms with E-state index in [0.29, 0.717) is 0 Å². The van der Waals surface area contributed by atoms with Crippen LogP contribution in [-0.2, 0) is 11.8 Å². The van der Waals surface area contributed by atoms with Crippen molar-refractivity contribution in [3.8, 4) is 16.8 Å². The number of hydrogen-bond acceptors (Lipinski definition) is 1. The molecule has 0 amide bonds. The first-order chi connectivity index (χ1) is 26.8. The number of unbranched alkanes of at least 4 members (excludes halogenated alkanes) is 1. The fraction of sp³-hybridized carbons (Fsp3) is 0.115. The normalized spacial score (nSPS) is 16.3. The highest BCUT2D eigenvalue weighted by Crippen LogP contribution is 2.64. The van der Waals surface area contributed by atoms with Crippen LogP contribution in [0.5, 0.6) is 0 Å². The minimum absolute atomic E-state index is 0.326. The molecule has 0 radical (unpaired) electrons. The van der Waals surface area contributed by atoms with Crippen molar-refractivity contribution in [3.63, 3.8) is 0 Å². The van der Waals surface area contributed by atoms with Crippen molar-refractivity contribution in [2.45, 2.75) is 38.0 Å². The number of anilines is 3. The molecule has 3 aliphatic rings. The van der Waals surface area contributed by atoms with Gasteiger partial charge in [0.15, 0.2) is 0 Å². The Hall–Kier alpha value is -6.38. The van der Waals surface area contributed by atoms with Crippen molar-refractivity contribution < 1.29 is 0 Å². The van der Waals surface area contributed by atoms with Gasteiger partial charge in [-0.2, -0.15) is 0 Å². The van der Waals surface area contributed by atoms with Gasteiger partial charge in [0.2, 0.25) is 0 Å². The average Bonchev–Trinajstić information content (AvgIpc) is 3.98. The van der Waals surface area contributed by atoms with E-state index in [4.69, 9.17) is 0 Å². The smallest absolute Gasteiger partial charge is 0.0692 e. The van der Waals surface area contributed by atoms with E-state index >= 15 is 0 Å². The molecule has 0 fully saturated rings. The molecule has 0 saturated carbocycles. The van der Waals surface area contributed by atoms with Crippen LogP contribution in [0, 0.1) is 0 Å². The van der Waals surface area contributed by atoms with E-state index in [1.807, 2.05) is 0 Å². The summed E-state index contributed by atoms with van der Waals surface area (Å²) >= 11 is 0.